The molecule has 0 N–H and O–H groups in total. The number of hydrogen-bond acceptors (Lipinski definition) is 2. The first kappa shape index (κ1) is 11.8. The van der Waals surface area contributed by atoms with Gasteiger partial charge in [-0.05, 0) is 38.0 Å². The fourth-order valence-corrected chi connectivity index (χ4v) is 3.23. The Balaban J connectivity index is 2.55. The van der Waals surface area contributed by atoms with E-state index in [9.17, 15) is 4.79 Å². The largest absolute Gasteiger partial charge is 0.288 e. The highest BCUT2D eigenvalue weighted by molar-refractivity contribution is 8.14. The van der Waals surface area contributed by atoms with E-state index in [1.165, 1.54) is 30.2 Å². The summed E-state index contributed by atoms with van der Waals surface area (Å²) in [6.07, 6.45) is 3.63. The average Bonchev–Trinajstić information content (AvgIpc) is 2.07. The lowest BCUT2D eigenvalue weighted by Gasteiger charge is -2.33. The van der Waals surface area contributed by atoms with Crippen LogP contribution in [0.3, 0.4) is 0 Å². The number of carbonyl (C=O) groups excluding carboxylic acids is 1. The zero-order chi connectivity index (χ0) is 10.7. The van der Waals surface area contributed by atoms with Gasteiger partial charge >= 0.3 is 0 Å². The fourth-order valence-electron chi connectivity index (χ4n) is 2.11. The Morgan fingerprint density at radius 2 is 2.00 bits per heavy atom. The molecule has 0 spiro atoms. The van der Waals surface area contributed by atoms with E-state index in [0.29, 0.717) is 17.1 Å². The van der Waals surface area contributed by atoms with Crippen molar-refractivity contribution in [3.63, 3.8) is 0 Å². The molecule has 14 heavy (non-hydrogen) atoms. The highest BCUT2D eigenvalue weighted by atomic mass is 32.2. The predicted octanol–water partition coefficient (Wildman–Crippen LogP) is 3.65. The lowest BCUT2D eigenvalue weighted by atomic mass is 9.79. The molecule has 0 heterocycles. The van der Waals surface area contributed by atoms with Crippen LogP contribution in [0.15, 0.2) is 12.2 Å². The van der Waals surface area contributed by atoms with E-state index in [2.05, 4.69) is 20.4 Å². The van der Waals surface area contributed by atoms with Crippen LogP contribution in [0, 0.1) is 11.8 Å². The lowest BCUT2D eigenvalue weighted by molar-refractivity contribution is -0.109. The summed E-state index contributed by atoms with van der Waals surface area (Å²) in [4.78, 5) is 11.1. The van der Waals surface area contributed by atoms with Gasteiger partial charge in [0.15, 0.2) is 5.12 Å². The molecular formula is C12H20OS. The standard InChI is InChI=1S/C12H20OS/c1-8(2)11-6-5-9(3)12(7-11)14-10(4)13/h9,11-12H,1,5-7H2,2-4H3/t9?,11?,12-/m0/s1. The minimum absolute atomic E-state index is 0.254. The van der Waals surface area contributed by atoms with Crippen LogP contribution in [0.5, 0.6) is 0 Å². The van der Waals surface area contributed by atoms with Crippen molar-refractivity contribution in [1.29, 1.82) is 0 Å². The molecule has 0 aromatic rings. The van der Waals surface area contributed by atoms with Crippen molar-refractivity contribution in [2.24, 2.45) is 11.8 Å². The monoisotopic (exact) mass is 212 g/mol. The Morgan fingerprint density at radius 3 is 2.50 bits per heavy atom. The molecule has 1 rings (SSSR count). The first-order valence-corrected chi connectivity index (χ1v) is 6.21. The zero-order valence-corrected chi connectivity index (χ0v) is 10.2. The predicted molar refractivity (Wildman–Crippen MR) is 63.4 cm³/mol. The van der Waals surface area contributed by atoms with Gasteiger partial charge in [-0.25, -0.2) is 0 Å². The second-order valence-electron chi connectivity index (χ2n) is 4.48. The summed E-state index contributed by atoms with van der Waals surface area (Å²) in [6.45, 7) is 10.1. The molecule has 1 saturated carbocycles. The molecule has 2 heteroatoms. The molecule has 0 aromatic heterocycles. The van der Waals surface area contributed by atoms with Crippen LogP contribution in [0.2, 0.25) is 0 Å². The summed E-state index contributed by atoms with van der Waals surface area (Å²) < 4.78 is 0. The molecule has 0 saturated heterocycles. The second kappa shape index (κ2) is 5.01. The maximum Gasteiger partial charge on any atom is 0.186 e. The summed E-state index contributed by atoms with van der Waals surface area (Å²) in [5, 5.41) is 0.771. The molecule has 1 aliphatic rings. The molecule has 1 nitrogen and oxygen atoms in total. The highest BCUT2D eigenvalue weighted by Crippen LogP contribution is 2.38. The van der Waals surface area contributed by atoms with Crippen LogP contribution < -0.4 is 0 Å². The summed E-state index contributed by atoms with van der Waals surface area (Å²) >= 11 is 1.52. The molecule has 2 unspecified atom stereocenters. The Labute approximate surface area is 91.3 Å². The van der Waals surface area contributed by atoms with Crippen molar-refractivity contribution in [3.05, 3.63) is 12.2 Å². The molecule has 0 radical (unpaired) electrons. The van der Waals surface area contributed by atoms with Gasteiger partial charge in [0.05, 0.1) is 0 Å². The number of carbonyl (C=O) groups is 1. The topological polar surface area (TPSA) is 17.1 Å². The van der Waals surface area contributed by atoms with Crippen LogP contribution in [0.25, 0.3) is 0 Å². The van der Waals surface area contributed by atoms with Crippen LogP contribution in [-0.4, -0.2) is 10.4 Å². The third kappa shape index (κ3) is 3.16. The normalized spacial score (nSPS) is 32.6. The van der Waals surface area contributed by atoms with Gasteiger partial charge in [-0.15, -0.1) is 0 Å². The van der Waals surface area contributed by atoms with E-state index in [4.69, 9.17) is 0 Å². The molecule has 0 bridgehead atoms. The minimum atomic E-state index is 0.254. The average molecular weight is 212 g/mol. The van der Waals surface area contributed by atoms with E-state index in [1.54, 1.807) is 6.92 Å². The summed E-state index contributed by atoms with van der Waals surface area (Å²) in [5.74, 6) is 1.32. The van der Waals surface area contributed by atoms with Gasteiger partial charge in [0.1, 0.15) is 0 Å². The third-order valence-corrected chi connectivity index (χ3v) is 4.43. The maximum atomic E-state index is 11.1. The van der Waals surface area contributed by atoms with Crippen molar-refractivity contribution in [2.75, 3.05) is 0 Å². The Bertz CT molecular complexity index is 234. The number of allylic oxidation sites excluding steroid dienone is 1. The molecule has 1 fully saturated rings. The summed E-state index contributed by atoms with van der Waals surface area (Å²) in [5.41, 5.74) is 1.28. The fraction of sp³-hybridized carbons (Fsp3) is 0.750. The Morgan fingerprint density at radius 1 is 1.36 bits per heavy atom. The second-order valence-corrected chi connectivity index (χ2v) is 5.90. The van der Waals surface area contributed by atoms with Gasteiger partial charge in [0.25, 0.3) is 0 Å². The molecule has 0 aliphatic heterocycles. The van der Waals surface area contributed by atoms with Crippen molar-refractivity contribution in [2.45, 2.75) is 45.3 Å². The lowest BCUT2D eigenvalue weighted by Crippen LogP contribution is -2.26. The first-order chi connectivity index (χ1) is 6.50. The smallest absolute Gasteiger partial charge is 0.186 e. The Kier molecular flexibility index (Phi) is 4.24. The van der Waals surface area contributed by atoms with Crippen LogP contribution >= 0.6 is 11.8 Å². The molecule has 0 aromatic carbocycles. The Hall–Kier alpha value is -0.240. The summed E-state index contributed by atoms with van der Waals surface area (Å²) in [6, 6.07) is 0. The molecular weight excluding hydrogens is 192 g/mol. The van der Waals surface area contributed by atoms with E-state index in [0.717, 1.165) is 6.42 Å². The molecule has 1 aliphatic carbocycles. The van der Waals surface area contributed by atoms with Gasteiger partial charge in [0.2, 0.25) is 0 Å². The van der Waals surface area contributed by atoms with Gasteiger partial charge in [0, 0.05) is 12.2 Å². The van der Waals surface area contributed by atoms with Crippen molar-refractivity contribution in [1.82, 2.24) is 0 Å². The van der Waals surface area contributed by atoms with E-state index in [-0.39, 0.29) is 5.12 Å². The quantitative estimate of drug-likeness (QED) is 0.650. The van der Waals surface area contributed by atoms with E-state index < -0.39 is 0 Å². The minimum Gasteiger partial charge on any atom is -0.288 e. The zero-order valence-electron chi connectivity index (χ0n) is 9.38. The molecule has 0 amide bonds. The molecule has 80 valence electrons. The van der Waals surface area contributed by atoms with Crippen molar-refractivity contribution < 1.29 is 4.79 Å². The van der Waals surface area contributed by atoms with Crippen LogP contribution in [-0.2, 0) is 4.79 Å². The number of thioether (sulfide) groups is 1. The van der Waals surface area contributed by atoms with Gasteiger partial charge in [-0.1, -0.05) is 30.8 Å². The van der Waals surface area contributed by atoms with E-state index >= 15 is 0 Å². The van der Waals surface area contributed by atoms with Crippen molar-refractivity contribution in [3.8, 4) is 0 Å². The van der Waals surface area contributed by atoms with E-state index in [1.807, 2.05) is 0 Å². The number of hydrogen-bond donors (Lipinski definition) is 0. The van der Waals surface area contributed by atoms with Crippen molar-refractivity contribution >= 4 is 16.9 Å². The number of rotatable bonds is 2. The van der Waals surface area contributed by atoms with Gasteiger partial charge < -0.3 is 0 Å². The highest BCUT2D eigenvalue weighted by Gasteiger charge is 2.29. The molecule has 3 atom stereocenters. The first-order valence-electron chi connectivity index (χ1n) is 5.33. The van der Waals surface area contributed by atoms with Crippen LogP contribution in [0.1, 0.15) is 40.0 Å². The maximum absolute atomic E-state index is 11.1. The van der Waals surface area contributed by atoms with Gasteiger partial charge in [-0.2, -0.15) is 0 Å². The SMILES string of the molecule is C=C(C)C1CCC(C)[C@@H](SC(C)=O)C1. The van der Waals surface area contributed by atoms with Gasteiger partial charge in [-0.3, -0.25) is 4.79 Å². The summed E-state index contributed by atoms with van der Waals surface area (Å²) in [7, 11) is 0. The third-order valence-electron chi connectivity index (χ3n) is 3.14. The van der Waals surface area contributed by atoms with Crippen LogP contribution in [0.4, 0.5) is 0 Å².